The standard InChI is InChI=1S/C28H32ClN3O5S/c1-5-26(28(34)30-3)31(18-21-8-10-22(29)11-9-21)27(33)19-32(23-12-6-20(2)7-13-23)38(35,36)25-16-14-24(37-4)15-17-25/h6-17,26H,5,18-19H2,1-4H3,(H,30,34)/t26-/m0/s1. The molecule has 0 spiro atoms. The van der Waals surface area contributed by atoms with Gasteiger partial charge in [0.25, 0.3) is 10.0 Å². The Balaban J connectivity index is 2.04. The zero-order valence-corrected chi connectivity index (χ0v) is 23.4. The Bertz CT molecular complexity index is 1340. The molecule has 0 radical (unpaired) electrons. The number of halogens is 1. The minimum Gasteiger partial charge on any atom is -0.497 e. The van der Waals surface area contributed by atoms with Gasteiger partial charge in [0, 0.05) is 18.6 Å². The third-order valence-electron chi connectivity index (χ3n) is 6.15. The number of aryl methyl sites for hydroxylation is 1. The number of nitrogens with zero attached hydrogens (tertiary/aromatic N) is 2. The average Bonchev–Trinajstić information content (AvgIpc) is 2.92. The van der Waals surface area contributed by atoms with Gasteiger partial charge in [-0.3, -0.25) is 13.9 Å². The van der Waals surface area contributed by atoms with E-state index in [0.717, 1.165) is 15.4 Å². The van der Waals surface area contributed by atoms with E-state index in [1.165, 1.54) is 31.2 Å². The van der Waals surface area contributed by atoms with Gasteiger partial charge in [0.15, 0.2) is 0 Å². The van der Waals surface area contributed by atoms with Crippen LogP contribution in [0.5, 0.6) is 5.75 Å². The first kappa shape index (κ1) is 29.0. The summed E-state index contributed by atoms with van der Waals surface area (Å²) in [7, 11) is -1.15. The topological polar surface area (TPSA) is 96.0 Å². The lowest BCUT2D eigenvalue weighted by Gasteiger charge is -2.33. The summed E-state index contributed by atoms with van der Waals surface area (Å²) >= 11 is 6.02. The lowest BCUT2D eigenvalue weighted by Crippen LogP contribution is -2.51. The van der Waals surface area contributed by atoms with E-state index in [4.69, 9.17) is 16.3 Å². The number of benzene rings is 3. The first-order chi connectivity index (χ1) is 18.1. The highest BCUT2D eigenvalue weighted by Crippen LogP contribution is 2.26. The fraction of sp³-hybridized carbons (Fsp3) is 0.286. The molecule has 0 aromatic heterocycles. The van der Waals surface area contributed by atoms with Crippen LogP contribution in [-0.2, 0) is 26.2 Å². The molecule has 38 heavy (non-hydrogen) atoms. The molecule has 2 amide bonds. The number of amides is 2. The van der Waals surface area contributed by atoms with Crippen LogP contribution in [0.25, 0.3) is 0 Å². The molecule has 0 aliphatic rings. The molecule has 8 nitrogen and oxygen atoms in total. The highest BCUT2D eigenvalue weighted by Gasteiger charge is 2.33. The summed E-state index contributed by atoms with van der Waals surface area (Å²) in [6.45, 7) is 3.29. The maximum Gasteiger partial charge on any atom is 0.264 e. The fourth-order valence-corrected chi connectivity index (χ4v) is 5.53. The van der Waals surface area contributed by atoms with Gasteiger partial charge in [0.2, 0.25) is 11.8 Å². The minimum absolute atomic E-state index is 0.00858. The Kier molecular flexibility index (Phi) is 9.77. The number of hydrogen-bond donors (Lipinski definition) is 1. The number of methoxy groups -OCH3 is 1. The molecule has 3 aromatic carbocycles. The Morgan fingerprint density at radius 2 is 1.58 bits per heavy atom. The lowest BCUT2D eigenvalue weighted by molar-refractivity contribution is -0.140. The molecule has 0 aliphatic heterocycles. The van der Waals surface area contributed by atoms with Gasteiger partial charge in [-0.1, -0.05) is 48.4 Å². The summed E-state index contributed by atoms with van der Waals surface area (Å²) in [6.07, 6.45) is 0.342. The maximum atomic E-state index is 13.9. The predicted octanol–water partition coefficient (Wildman–Crippen LogP) is 4.41. The highest BCUT2D eigenvalue weighted by molar-refractivity contribution is 7.92. The second-order valence-corrected chi connectivity index (χ2v) is 11.0. The summed E-state index contributed by atoms with van der Waals surface area (Å²) in [4.78, 5) is 28.0. The van der Waals surface area contributed by atoms with Crippen LogP contribution in [0.3, 0.4) is 0 Å². The second-order valence-electron chi connectivity index (χ2n) is 8.71. The normalized spacial score (nSPS) is 11.9. The van der Waals surface area contributed by atoms with E-state index in [1.54, 1.807) is 67.6 Å². The van der Waals surface area contributed by atoms with Crippen LogP contribution in [0, 0.1) is 6.92 Å². The van der Waals surface area contributed by atoms with Gasteiger partial charge in [-0.05, 0) is 67.4 Å². The van der Waals surface area contributed by atoms with E-state index in [0.29, 0.717) is 22.9 Å². The van der Waals surface area contributed by atoms with Gasteiger partial charge < -0.3 is 15.0 Å². The first-order valence-electron chi connectivity index (χ1n) is 12.1. The zero-order chi connectivity index (χ0) is 27.9. The zero-order valence-electron chi connectivity index (χ0n) is 21.8. The van der Waals surface area contributed by atoms with Crippen molar-refractivity contribution < 1.29 is 22.7 Å². The van der Waals surface area contributed by atoms with Crippen molar-refractivity contribution in [2.75, 3.05) is 25.0 Å². The SMILES string of the molecule is CC[C@@H](C(=O)NC)N(Cc1ccc(Cl)cc1)C(=O)CN(c1ccc(C)cc1)S(=O)(=O)c1ccc(OC)cc1. The number of carbonyl (C=O) groups excluding carboxylic acids is 2. The molecule has 0 unspecified atom stereocenters. The summed E-state index contributed by atoms with van der Waals surface area (Å²) in [5.74, 6) is -0.352. The van der Waals surface area contributed by atoms with Crippen molar-refractivity contribution in [3.05, 3.63) is 88.9 Å². The highest BCUT2D eigenvalue weighted by atomic mass is 35.5. The Morgan fingerprint density at radius 1 is 0.974 bits per heavy atom. The maximum absolute atomic E-state index is 13.9. The fourth-order valence-electron chi connectivity index (χ4n) is 3.99. The van der Waals surface area contributed by atoms with Gasteiger partial charge in [0.05, 0.1) is 17.7 Å². The smallest absolute Gasteiger partial charge is 0.264 e. The molecule has 0 bridgehead atoms. The van der Waals surface area contributed by atoms with Gasteiger partial charge in [-0.15, -0.1) is 0 Å². The molecule has 3 aromatic rings. The predicted molar refractivity (Wildman–Crippen MR) is 149 cm³/mol. The van der Waals surface area contributed by atoms with E-state index in [-0.39, 0.29) is 17.3 Å². The molecular weight excluding hydrogens is 526 g/mol. The van der Waals surface area contributed by atoms with E-state index < -0.39 is 28.5 Å². The number of anilines is 1. The Morgan fingerprint density at radius 3 is 2.11 bits per heavy atom. The number of carbonyl (C=O) groups is 2. The van der Waals surface area contributed by atoms with Gasteiger partial charge >= 0.3 is 0 Å². The van der Waals surface area contributed by atoms with Crippen LogP contribution in [0.4, 0.5) is 5.69 Å². The van der Waals surface area contributed by atoms with Crippen molar-refractivity contribution in [1.29, 1.82) is 0 Å². The Hall–Kier alpha value is -3.56. The lowest BCUT2D eigenvalue weighted by atomic mass is 10.1. The van der Waals surface area contributed by atoms with Crippen LogP contribution in [0.1, 0.15) is 24.5 Å². The molecule has 3 rings (SSSR count). The van der Waals surface area contributed by atoms with Crippen molar-refractivity contribution in [2.24, 2.45) is 0 Å². The average molecular weight is 558 g/mol. The molecule has 10 heteroatoms. The van der Waals surface area contributed by atoms with E-state index >= 15 is 0 Å². The van der Waals surface area contributed by atoms with Crippen LogP contribution in [0.2, 0.25) is 5.02 Å². The van der Waals surface area contributed by atoms with Crippen LogP contribution in [-0.4, -0.2) is 51.9 Å². The minimum atomic E-state index is -4.14. The van der Waals surface area contributed by atoms with E-state index in [9.17, 15) is 18.0 Å². The number of likely N-dealkylation sites (N-methyl/N-ethyl adjacent to an activating group) is 1. The third kappa shape index (κ3) is 6.85. The van der Waals surface area contributed by atoms with Crippen LogP contribution >= 0.6 is 11.6 Å². The van der Waals surface area contributed by atoms with Gasteiger partial charge in [0.1, 0.15) is 18.3 Å². The summed E-state index contributed by atoms with van der Waals surface area (Å²) in [6, 6.07) is 19.0. The number of sulfonamides is 1. The molecule has 0 saturated carbocycles. The molecule has 0 heterocycles. The van der Waals surface area contributed by atoms with Crippen molar-refractivity contribution in [3.8, 4) is 5.75 Å². The number of nitrogens with one attached hydrogen (secondary N) is 1. The van der Waals surface area contributed by atoms with E-state index in [1.807, 2.05) is 6.92 Å². The molecule has 202 valence electrons. The third-order valence-corrected chi connectivity index (χ3v) is 8.19. The molecule has 1 atom stereocenters. The molecular formula is C28H32ClN3O5S. The quantitative estimate of drug-likeness (QED) is 0.377. The summed E-state index contributed by atoms with van der Waals surface area (Å²) in [5, 5.41) is 3.15. The van der Waals surface area contributed by atoms with Crippen molar-refractivity contribution in [1.82, 2.24) is 10.2 Å². The van der Waals surface area contributed by atoms with E-state index in [2.05, 4.69) is 5.32 Å². The van der Waals surface area contributed by atoms with Gasteiger partial charge in [-0.25, -0.2) is 8.42 Å². The number of hydrogen-bond acceptors (Lipinski definition) is 5. The molecule has 0 saturated heterocycles. The molecule has 0 fully saturated rings. The van der Waals surface area contributed by atoms with Crippen molar-refractivity contribution in [2.45, 2.75) is 37.8 Å². The number of ether oxygens (including phenoxy) is 1. The first-order valence-corrected chi connectivity index (χ1v) is 13.9. The van der Waals surface area contributed by atoms with Gasteiger partial charge in [-0.2, -0.15) is 0 Å². The molecule has 0 aliphatic carbocycles. The molecule has 1 N–H and O–H groups in total. The van der Waals surface area contributed by atoms with Crippen LogP contribution < -0.4 is 14.4 Å². The summed E-state index contributed by atoms with van der Waals surface area (Å²) < 4.78 is 33.9. The monoisotopic (exact) mass is 557 g/mol. The number of rotatable bonds is 11. The summed E-state index contributed by atoms with van der Waals surface area (Å²) in [5.41, 5.74) is 2.03. The van der Waals surface area contributed by atoms with Crippen LogP contribution in [0.15, 0.2) is 77.7 Å². The largest absolute Gasteiger partial charge is 0.497 e. The Labute approximate surface area is 229 Å². The second kappa shape index (κ2) is 12.8. The van der Waals surface area contributed by atoms with Crippen molar-refractivity contribution >= 4 is 39.1 Å². The van der Waals surface area contributed by atoms with Crippen molar-refractivity contribution in [3.63, 3.8) is 0 Å².